The highest BCUT2D eigenvalue weighted by molar-refractivity contribution is 7.99. The van der Waals surface area contributed by atoms with Crippen LogP contribution in [0.4, 0.5) is 0 Å². The molecule has 1 unspecified atom stereocenters. The molecule has 0 saturated carbocycles. The van der Waals surface area contributed by atoms with E-state index in [9.17, 15) is 5.11 Å². The van der Waals surface area contributed by atoms with Crippen molar-refractivity contribution >= 4 is 11.8 Å². The number of nitriles is 1. The Morgan fingerprint density at radius 2 is 2.18 bits per heavy atom. The highest BCUT2D eigenvalue weighted by atomic mass is 32.2. The molecule has 0 aliphatic heterocycles. The first-order valence-electron chi connectivity index (χ1n) is 3.62. The second-order valence-electron chi connectivity index (χ2n) is 3.18. The van der Waals surface area contributed by atoms with Crippen molar-refractivity contribution in [2.75, 3.05) is 6.26 Å². The zero-order valence-electron chi connectivity index (χ0n) is 7.29. The number of hydrogen-bond acceptors (Lipinski definition) is 3. The smallest absolute Gasteiger partial charge is 0.0683 e. The number of thioether (sulfide) groups is 1. The van der Waals surface area contributed by atoms with Crippen LogP contribution >= 0.6 is 11.8 Å². The van der Waals surface area contributed by atoms with E-state index in [4.69, 9.17) is 5.26 Å². The van der Waals surface area contributed by atoms with Crippen LogP contribution < -0.4 is 0 Å². The van der Waals surface area contributed by atoms with Crippen molar-refractivity contribution in [3.8, 4) is 6.07 Å². The molecule has 1 atom stereocenters. The van der Waals surface area contributed by atoms with Gasteiger partial charge in [0.25, 0.3) is 0 Å². The van der Waals surface area contributed by atoms with E-state index in [1.54, 1.807) is 11.8 Å². The molecule has 0 saturated heterocycles. The summed E-state index contributed by atoms with van der Waals surface area (Å²) in [6.45, 7) is 4.14. The highest BCUT2D eigenvalue weighted by Gasteiger charge is 2.20. The molecule has 0 heterocycles. The predicted molar refractivity (Wildman–Crippen MR) is 48.4 cm³/mol. The van der Waals surface area contributed by atoms with Gasteiger partial charge in [-0.15, -0.1) is 0 Å². The molecule has 0 rings (SSSR count). The van der Waals surface area contributed by atoms with E-state index in [0.29, 0.717) is 6.42 Å². The van der Waals surface area contributed by atoms with Gasteiger partial charge in [-0.1, -0.05) is 13.8 Å². The van der Waals surface area contributed by atoms with Gasteiger partial charge >= 0.3 is 0 Å². The van der Waals surface area contributed by atoms with Crippen LogP contribution in [0.25, 0.3) is 0 Å². The van der Waals surface area contributed by atoms with Crippen molar-refractivity contribution < 1.29 is 5.11 Å². The number of hydrogen-bond donors (Lipinski definition) is 1. The minimum absolute atomic E-state index is 0.0796. The third-order valence-corrected chi connectivity index (χ3v) is 2.88. The first kappa shape index (κ1) is 10.8. The lowest BCUT2D eigenvalue weighted by Crippen LogP contribution is -2.22. The van der Waals surface area contributed by atoms with E-state index in [0.717, 1.165) is 0 Å². The van der Waals surface area contributed by atoms with E-state index in [-0.39, 0.29) is 11.2 Å². The number of rotatable bonds is 4. The Hall–Kier alpha value is -0.200. The molecule has 0 aromatic carbocycles. The van der Waals surface area contributed by atoms with Gasteiger partial charge in [0.1, 0.15) is 0 Å². The van der Waals surface area contributed by atoms with Gasteiger partial charge in [-0.05, 0) is 12.7 Å². The van der Waals surface area contributed by atoms with Crippen LogP contribution in [0.15, 0.2) is 0 Å². The third-order valence-electron chi connectivity index (χ3n) is 1.61. The predicted octanol–water partition coefficient (Wildman–Crippen LogP) is 1.79. The van der Waals surface area contributed by atoms with Gasteiger partial charge in [-0.3, -0.25) is 0 Å². The molecule has 0 bridgehead atoms. The molecule has 0 spiro atoms. The molecular weight excluding hydrogens is 158 g/mol. The van der Waals surface area contributed by atoms with Crippen LogP contribution in [0.5, 0.6) is 0 Å². The van der Waals surface area contributed by atoms with E-state index in [2.05, 4.69) is 13.8 Å². The van der Waals surface area contributed by atoms with Crippen LogP contribution in [0, 0.1) is 11.3 Å². The summed E-state index contributed by atoms with van der Waals surface area (Å²) in [5, 5.41) is 17.6. The maximum Gasteiger partial charge on any atom is 0.0683 e. The van der Waals surface area contributed by atoms with Gasteiger partial charge in [-0.25, -0.2) is 0 Å². The fraction of sp³-hybridized carbons (Fsp3) is 0.875. The maximum atomic E-state index is 9.28. The van der Waals surface area contributed by atoms with Crippen molar-refractivity contribution in [1.29, 1.82) is 5.26 Å². The van der Waals surface area contributed by atoms with Crippen molar-refractivity contribution in [3.05, 3.63) is 0 Å². The highest BCUT2D eigenvalue weighted by Crippen LogP contribution is 2.27. The lowest BCUT2D eigenvalue weighted by Gasteiger charge is -2.23. The fourth-order valence-corrected chi connectivity index (χ4v) is 1.19. The summed E-state index contributed by atoms with van der Waals surface area (Å²) in [4.78, 5) is 0. The summed E-state index contributed by atoms with van der Waals surface area (Å²) < 4.78 is 0.0796. The zero-order chi connectivity index (χ0) is 8.91. The molecule has 2 nitrogen and oxygen atoms in total. The monoisotopic (exact) mass is 173 g/mol. The number of aliphatic hydroxyl groups is 1. The van der Waals surface area contributed by atoms with E-state index in [1.807, 2.05) is 12.3 Å². The van der Waals surface area contributed by atoms with Gasteiger partial charge in [0.05, 0.1) is 18.6 Å². The Morgan fingerprint density at radius 1 is 1.64 bits per heavy atom. The zero-order valence-corrected chi connectivity index (χ0v) is 8.11. The first-order chi connectivity index (χ1) is 5.02. The van der Waals surface area contributed by atoms with E-state index >= 15 is 0 Å². The van der Waals surface area contributed by atoms with Crippen molar-refractivity contribution in [2.45, 2.75) is 37.5 Å². The average molecular weight is 173 g/mol. The van der Waals surface area contributed by atoms with Gasteiger partial charge in [-0.2, -0.15) is 17.0 Å². The Bertz CT molecular complexity index is 151. The minimum Gasteiger partial charge on any atom is -0.392 e. The molecule has 0 radical (unpaired) electrons. The summed E-state index contributed by atoms with van der Waals surface area (Å²) in [5.41, 5.74) is 0. The molecule has 0 aromatic rings. The normalized spacial score (nSPS) is 14.1. The number of aliphatic hydroxyl groups excluding tert-OH is 1. The molecule has 0 aliphatic rings. The van der Waals surface area contributed by atoms with E-state index < -0.39 is 6.10 Å². The second-order valence-corrected chi connectivity index (χ2v) is 4.70. The average Bonchev–Trinajstić information content (AvgIpc) is 1.87. The van der Waals surface area contributed by atoms with Gasteiger partial charge in [0, 0.05) is 4.75 Å². The second kappa shape index (κ2) is 4.63. The van der Waals surface area contributed by atoms with E-state index in [1.165, 1.54) is 0 Å². The molecule has 1 N–H and O–H groups in total. The summed E-state index contributed by atoms with van der Waals surface area (Å²) in [5.74, 6) is 0. The molecule has 0 aromatic heterocycles. The molecule has 11 heavy (non-hydrogen) atoms. The van der Waals surface area contributed by atoms with Crippen LogP contribution in [-0.4, -0.2) is 22.2 Å². The topological polar surface area (TPSA) is 44.0 Å². The summed E-state index contributed by atoms with van der Waals surface area (Å²) in [6.07, 6.45) is 2.47. The Morgan fingerprint density at radius 3 is 2.55 bits per heavy atom. The lowest BCUT2D eigenvalue weighted by molar-refractivity contribution is 0.159. The van der Waals surface area contributed by atoms with Crippen molar-refractivity contribution in [1.82, 2.24) is 0 Å². The molecule has 3 heteroatoms. The van der Waals surface area contributed by atoms with Crippen LogP contribution in [-0.2, 0) is 0 Å². The molecule has 64 valence electrons. The summed E-state index contributed by atoms with van der Waals surface area (Å²) in [6, 6.07) is 1.95. The Kier molecular flexibility index (Phi) is 4.55. The van der Waals surface area contributed by atoms with Crippen molar-refractivity contribution in [3.63, 3.8) is 0 Å². The first-order valence-corrected chi connectivity index (χ1v) is 4.84. The summed E-state index contributed by atoms with van der Waals surface area (Å²) in [7, 11) is 0. The third kappa shape index (κ3) is 5.11. The Balaban J connectivity index is 3.75. The molecule has 0 amide bonds. The van der Waals surface area contributed by atoms with Crippen LogP contribution in [0.2, 0.25) is 0 Å². The van der Waals surface area contributed by atoms with Crippen LogP contribution in [0.1, 0.15) is 26.7 Å². The van der Waals surface area contributed by atoms with Crippen molar-refractivity contribution in [2.24, 2.45) is 0 Å². The quantitative estimate of drug-likeness (QED) is 0.705. The van der Waals surface area contributed by atoms with Crippen LogP contribution in [0.3, 0.4) is 0 Å². The molecule has 0 fully saturated rings. The Labute approximate surface area is 72.6 Å². The standard InChI is InChI=1S/C8H15NOS/c1-8(2,11-3)6-7(10)4-5-9/h7,10H,4,6H2,1-3H3. The molecular formula is C8H15NOS. The summed E-state index contributed by atoms with van der Waals surface area (Å²) >= 11 is 1.71. The largest absolute Gasteiger partial charge is 0.392 e. The SMILES string of the molecule is CSC(C)(C)CC(O)CC#N. The van der Waals surface area contributed by atoms with Gasteiger partial charge < -0.3 is 5.11 Å². The van der Waals surface area contributed by atoms with Gasteiger partial charge in [0.15, 0.2) is 0 Å². The fourth-order valence-electron chi connectivity index (χ4n) is 0.828. The molecule has 0 aliphatic carbocycles. The maximum absolute atomic E-state index is 9.28. The van der Waals surface area contributed by atoms with Gasteiger partial charge in [0.2, 0.25) is 0 Å². The minimum atomic E-state index is -0.470. The number of nitrogens with zero attached hydrogens (tertiary/aromatic N) is 1. The lowest BCUT2D eigenvalue weighted by atomic mass is 10.0.